The van der Waals surface area contributed by atoms with Crippen LogP contribution in [0, 0.1) is 0 Å². The highest BCUT2D eigenvalue weighted by atomic mass is 16.5. The van der Waals surface area contributed by atoms with Gasteiger partial charge in [0.15, 0.2) is 0 Å². The molecule has 0 unspecified atom stereocenters. The standard InChI is InChI=1S/C10H12O5/c1-3-15-10(13)9(6-12)4-8(5-11)7-14-2/h3-4,7H2,1-2H3. The molecule has 82 valence electrons. The average Bonchev–Trinajstić information content (AvgIpc) is 2.24. The fourth-order valence-corrected chi connectivity index (χ4v) is 0.872. The van der Waals surface area contributed by atoms with Gasteiger partial charge in [0.2, 0.25) is 0 Å². The summed E-state index contributed by atoms with van der Waals surface area (Å²) < 4.78 is 9.28. The second kappa shape index (κ2) is 7.71. The molecule has 0 aromatic rings. The first-order chi connectivity index (χ1) is 7.19. The minimum atomic E-state index is -0.767. The molecule has 0 rings (SSSR count). The van der Waals surface area contributed by atoms with E-state index >= 15 is 0 Å². The molecule has 0 radical (unpaired) electrons. The van der Waals surface area contributed by atoms with E-state index in [4.69, 9.17) is 0 Å². The van der Waals surface area contributed by atoms with Crippen LogP contribution in [0.1, 0.15) is 13.3 Å². The predicted molar refractivity (Wildman–Crippen MR) is 51.5 cm³/mol. The van der Waals surface area contributed by atoms with Crippen molar-refractivity contribution in [3.8, 4) is 0 Å². The average molecular weight is 212 g/mol. The summed E-state index contributed by atoms with van der Waals surface area (Å²) in [5.74, 6) is 2.28. The number of rotatable bonds is 6. The maximum absolute atomic E-state index is 11.1. The van der Waals surface area contributed by atoms with E-state index in [1.165, 1.54) is 13.1 Å². The van der Waals surface area contributed by atoms with E-state index in [1.807, 2.05) is 0 Å². The largest absolute Gasteiger partial charge is 0.462 e. The minimum Gasteiger partial charge on any atom is -0.462 e. The van der Waals surface area contributed by atoms with Crippen molar-refractivity contribution in [3.63, 3.8) is 0 Å². The molecule has 0 saturated heterocycles. The predicted octanol–water partition coefficient (Wildman–Crippen LogP) is 0.102. The zero-order valence-corrected chi connectivity index (χ0v) is 8.66. The smallest absolute Gasteiger partial charge is 0.345 e. The first kappa shape index (κ1) is 13.3. The lowest BCUT2D eigenvalue weighted by molar-refractivity contribution is -0.138. The maximum atomic E-state index is 11.1. The van der Waals surface area contributed by atoms with Crippen molar-refractivity contribution >= 4 is 17.9 Å². The molecule has 0 aromatic heterocycles. The summed E-state index contributed by atoms with van der Waals surface area (Å²) in [6, 6.07) is 0. The number of hydrogen-bond donors (Lipinski definition) is 0. The Bertz CT molecular complexity index is 319. The van der Waals surface area contributed by atoms with E-state index in [0.717, 1.165) is 0 Å². The van der Waals surface area contributed by atoms with Crippen LogP contribution in [0.15, 0.2) is 11.1 Å². The second-order valence-electron chi connectivity index (χ2n) is 2.62. The molecule has 5 heteroatoms. The Morgan fingerprint density at radius 3 is 2.33 bits per heavy atom. The second-order valence-corrected chi connectivity index (χ2v) is 2.62. The van der Waals surface area contributed by atoms with Crippen molar-refractivity contribution in [1.29, 1.82) is 0 Å². The molecule has 0 atom stereocenters. The van der Waals surface area contributed by atoms with Gasteiger partial charge in [0.05, 0.1) is 13.2 Å². The van der Waals surface area contributed by atoms with Gasteiger partial charge in [-0.2, -0.15) is 0 Å². The van der Waals surface area contributed by atoms with Crippen LogP contribution in [0.25, 0.3) is 0 Å². The molecule has 0 aliphatic rings. The molecule has 0 heterocycles. The van der Waals surface area contributed by atoms with Gasteiger partial charge < -0.3 is 9.47 Å². The van der Waals surface area contributed by atoms with Gasteiger partial charge in [-0.1, -0.05) is 0 Å². The molecule has 5 nitrogen and oxygen atoms in total. The van der Waals surface area contributed by atoms with Crippen molar-refractivity contribution < 1.29 is 23.9 Å². The Balaban J connectivity index is 4.53. The summed E-state index contributed by atoms with van der Waals surface area (Å²) in [4.78, 5) is 31.9. The van der Waals surface area contributed by atoms with Gasteiger partial charge in [0, 0.05) is 19.1 Å². The topological polar surface area (TPSA) is 69.7 Å². The van der Waals surface area contributed by atoms with Gasteiger partial charge >= 0.3 is 5.97 Å². The third-order valence-electron chi connectivity index (χ3n) is 1.50. The van der Waals surface area contributed by atoms with E-state index < -0.39 is 5.97 Å². The molecular weight excluding hydrogens is 200 g/mol. The van der Waals surface area contributed by atoms with E-state index in [1.54, 1.807) is 12.9 Å². The van der Waals surface area contributed by atoms with Crippen molar-refractivity contribution in [1.82, 2.24) is 0 Å². The molecule has 0 aromatic carbocycles. The van der Waals surface area contributed by atoms with Gasteiger partial charge in [-0.05, 0) is 6.92 Å². The lowest BCUT2D eigenvalue weighted by Crippen LogP contribution is -2.10. The Kier molecular flexibility index (Phi) is 6.85. The van der Waals surface area contributed by atoms with Gasteiger partial charge in [-0.25, -0.2) is 14.4 Å². The summed E-state index contributed by atoms with van der Waals surface area (Å²) in [5, 5.41) is 0. The van der Waals surface area contributed by atoms with E-state index in [-0.39, 0.29) is 30.8 Å². The van der Waals surface area contributed by atoms with Gasteiger partial charge in [-0.3, -0.25) is 0 Å². The molecule has 0 aliphatic heterocycles. The zero-order valence-electron chi connectivity index (χ0n) is 8.66. The van der Waals surface area contributed by atoms with E-state index in [0.29, 0.717) is 0 Å². The SMILES string of the molecule is CCOC(=O)C(=C=O)CC(=C=O)COC. The maximum Gasteiger partial charge on any atom is 0.345 e. The molecular formula is C10H12O5. The molecule has 0 N–H and O–H groups in total. The Morgan fingerprint density at radius 1 is 1.27 bits per heavy atom. The fourth-order valence-electron chi connectivity index (χ4n) is 0.872. The number of esters is 1. The van der Waals surface area contributed by atoms with Crippen LogP contribution in [0.5, 0.6) is 0 Å². The molecule has 15 heavy (non-hydrogen) atoms. The highest BCUT2D eigenvalue weighted by Crippen LogP contribution is 2.07. The van der Waals surface area contributed by atoms with Crippen LogP contribution in [0.4, 0.5) is 0 Å². The fraction of sp³-hybridized carbons (Fsp3) is 0.500. The lowest BCUT2D eigenvalue weighted by Gasteiger charge is -2.03. The molecule has 0 bridgehead atoms. The van der Waals surface area contributed by atoms with Crippen LogP contribution in [0.3, 0.4) is 0 Å². The third kappa shape index (κ3) is 4.93. The Hall–Kier alpha value is -1.67. The number of carbonyl (C=O) groups excluding carboxylic acids is 3. The first-order valence-electron chi connectivity index (χ1n) is 4.32. The van der Waals surface area contributed by atoms with Crippen molar-refractivity contribution in [2.24, 2.45) is 0 Å². The summed E-state index contributed by atoms with van der Waals surface area (Å²) in [6.07, 6.45) is -0.139. The van der Waals surface area contributed by atoms with Gasteiger partial charge in [-0.15, -0.1) is 0 Å². The van der Waals surface area contributed by atoms with Crippen LogP contribution in [0.2, 0.25) is 0 Å². The molecule has 0 fully saturated rings. The van der Waals surface area contributed by atoms with Gasteiger partial charge in [0.25, 0.3) is 0 Å². The molecule has 0 saturated carbocycles. The number of methoxy groups -OCH3 is 1. The highest BCUT2D eigenvalue weighted by Gasteiger charge is 2.14. The van der Waals surface area contributed by atoms with Crippen molar-refractivity contribution in [2.45, 2.75) is 13.3 Å². The van der Waals surface area contributed by atoms with Crippen LogP contribution in [-0.2, 0) is 23.9 Å². The minimum absolute atomic E-state index is 0.0219. The quantitative estimate of drug-likeness (QED) is 0.355. The summed E-state index contributed by atoms with van der Waals surface area (Å²) in [7, 11) is 1.39. The molecule has 0 spiro atoms. The normalized spacial score (nSPS) is 8.67. The van der Waals surface area contributed by atoms with Crippen LogP contribution >= 0.6 is 0 Å². The monoisotopic (exact) mass is 212 g/mol. The number of carbonyl (C=O) groups is 1. The van der Waals surface area contributed by atoms with Crippen LogP contribution < -0.4 is 0 Å². The lowest BCUT2D eigenvalue weighted by atomic mass is 10.1. The van der Waals surface area contributed by atoms with E-state index in [9.17, 15) is 14.4 Å². The molecule has 0 aliphatic carbocycles. The zero-order chi connectivity index (χ0) is 11.7. The number of hydrogen-bond acceptors (Lipinski definition) is 5. The van der Waals surface area contributed by atoms with Crippen LogP contribution in [-0.4, -0.2) is 38.2 Å². The van der Waals surface area contributed by atoms with Crippen molar-refractivity contribution in [3.05, 3.63) is 11.1 Å². The number of ether oxygens (including phenoxy) is 2. The third-order valence-corrected chi connectivity index (χ3v) is 1.50. The van der Waals surface area contributed by atoms with Gasteiger partial charge in [0.1, 0.15) is 17.5 Å². The highest BCUT2D eigenvalue weighted by molar-refractivity contribution is 5.97. The summed E-state index contributed by atoms with van der Waals surface area (Å²) in [6.45, 7) is 1.80. The molecule has 0 amide bonds. The Labute approximate surface area is 87.4 Å². The first-order valence-corrected chi connectivity index (χ1v) is 4.32. The Morgan fingerprint density at radius 2 is 1.93 bits per heavy atom. The van der Waals surface area contributed by atoms with Crippen molar-refractivity contribution in [2.75, 3.05) is 20.3 Å². The summed E-state index contributed by atoms with van der Waals surface area (Å²) in [5.41, 5.74) is -0.0591. The van der Waals surface area contributed by atoms with E-state index in [2.05, 4.69) is 9.47 Å². The summed E-state index contributed by atoms with van der Waals surface area (Å²) >= 11 is 0.